The zero-order valence-electron chi connectivity index (χ0n) is 15.6. The van der Waals surface area contributed by atoms with Crippen molar-refractivity contribution < 1.29 is 9.47 Å². The van der Waals surface area contributed by atoms with E-state index < -0.39 is 0 Å². The van der Waals surface area contributed by atoms with Crippen molar-refractivity contribution in [3.63, 3.8) is 0 Å². The molecule has 0 aliphatic rings. The van der Waals surface area contributed by atoms with Gasteiger partial charge < -0.3 is 20.1 Å². The summed E-state index contributed by atoms with van der Waals surface area (Å²) in [5.41, 5.74) is 2.13. The number of benzene rings is 1. The minimum atomic E-state index is 0.520. The average molecular weight is 441 g/mol. The number of hydrogen-bond donors (Lipinski definition) is 2. The molecule has 8 heteroatoms. The maximum Gasteiger partial charge on any atom is 0.191 e. The maximum atomic E-state index is 5.37. The van der Waals surface area contributed by atoms with Crippen LogP contribution in [0.3, 0.4) is 0 Å². The first-order valence-electron chi connectivity index (χ1n) is 8.41. The van der Waals surface area contributed by atoms with E-state index in [0.29, 0.717) is 18.0 Å². The van der Waals surface area contributed by atoms with Crippen LogP contribution in [0, 0.1) is 6.92 Å². The van der Waals surface area contributed by atoms with Crippen LogP contribution in [0.2, 0.25) is 0 Å². The lowest BCUT2D eigenvalue weighted by Crippen LogP contribution is -2.38. The fourth-order valence-electron chi connectivity index (χ4n) is 2.36. The van der Waals surface area contributed by atoms with Crippen LogP contribution in [-0.4, -0.2) is 38.3 Å². The number of nitrogens with zero attached hydrogens (tertiary/aromatic N) is 2. The highest BCUT2D eigenvalue weighted by molar-refractivity contribution is 9.10. The second-order valence-corrected chi connectivity index (χ2v) is 7.44. The van der Waals surface area contributed by atoms with E-state index in [4.69, 9.17) is 9.47 Å². The number of rotatable bonds is 8. The van der Waals surface area contributed by atoms with Gasteiger partial charge in [-0.2, -0.15) is 0 Å². The lowest BCUT2D eigenvalue weighted by molar-refractivity contribution is 0.354. The molecule has 0 aliphatic heterocycles. The van der Waals surface area contributed by atoms with Crippen LogP contribution >= 0.6 is 27.3 Å². The minimum Gasteiger partial charge on any atom is -0.493 e. The second kappa shape index (κ2) is 10.4. The van der Waals surface area contributed by atoms with Crippen molar-refractivity contribution in [1.82, 2.24) is 15.6 Å². The van der Waals surface area contributed by atoms with Gasteiger partial charge in [0.15, 0.2) is 17.5 Å². The molecule has 6 nitrogen and oxygen atoms in total. The Kier molecular flexibility index (Phi) is 8.18. The number of nitrogens with one attached hydrogen (secondary N) is 2. The second-order valence-electron chi connectivity index (χ2n) is 5.53. The van der Waals surface area contributed by atoms with E-state index in [9.17, 15) is 0 Å². The smallest absolute Gasteiger partial charge is 0.191 e. The molecular formula is C18H25BrN4O2S. The quantitative estimate of drug-likeness (QED) is 0.485. The molecule has 142 valence electrons. The standard InChI is InChI=1S/C18H25BrN4O2S/c1-5-20-18(21-7-6-14-11-26-12(2)23-14)22-10-13-8-16(24-3)17(25-4)9-15(13)19/h8-9,11H,5-7,10H2,1-4H3,(H2,20,21,22). The summed E-state index contributed by atoms with van der Waals surface area (Å²) in [4.78, 5) is 9.14. The molecule has 2 aromatic rings. The summed E-state index contributed by atoms with van der Waals surface area (Å²) < 4.78 is 11.6. The lowest BCUT2D eigenvalue weighted by Gasteiger charge is -2.13. The normalized spacial score (nSPS) is 11.3. The highest BCUT2D eigenvalue weighted by atomic mass is 79.9. The fourth-order valence-corrected chi connectivity index (χ4v) is 3.45. The number of thiazole rings is 1. The number of ether oxygens (including phenoxy) is 2. The Morgan fingerprint density at radius 1 is 1.23 bits per heavy atom. The number of aromatic nitrogens is 1. The van der Waals surface area contributed by atoms with E-state index in [0.717, 1.165) is 46.2 Å². The highest BCUT2D eigenvalue weighted by Crippen LogP contribution is 2.33. The summed E-state index contributed by atoms with van der Waals surface area (Å²) >= 11 is 5.25. The predicted molar refractivity (Wildman–Crippen MR) is 111 cm³/mol. The summed E-state index contributed by atoms with van der Waals surface area (Å²) in [5.74, 6) is 2.16. The zero-order chi connectivity index (χ0) is 18.9. The van der Waals surface area contributed by atoms with E-state index in [-0.39, 0.29) is 0 Å². The van der Waals surface area contributed by atoms with Crippen molar-refractivity contribution in [2.24, 2.45) is 4.99 Å². The largest absolute Gasteiger partial charge is 0.493 e. The van der Waals surface area contributed by atoms with Crippen molar-refractivity contribution in [3.05, 3.63) is 38.3 Å². The molecule has 0 unspecified atom stereocenters. The molecule has 0 bridgehead atoms. The number of methoxy groups -OCH3 is 2. The molecule has 0 radical (unpaired) electrons. The number of aliphatic imine (C=N–C) groups is 1. The Hall–Kier alpha value is -1.80. The Labute approximate surface area is 167 Å². The van der Waals surface area contributed by atoms with E-state index >= 15 is 0 Å². The molecule has 0 aliphatic carbocycles. The fraction of sp³-hybridized carbons (Fsp3) is 0.444. The zero-order valence-corrected chi connectivity index (χ0v) is 18.0. The minimum absolute atomic E-state index is 0.520. The summed E-state index contributed by atoms with van der Waals surface area (Å²) in [7, 11) is 3.25. The Bertz CT molecular complexity index is 749. The molecule has 0 saturated heterocycles. The van der Waals surface area contributed by atoms with Gasteiger partial charge in [0.25, 0.3) is 0 Å². The maximum absolute atomic E-state index is 5.37. The van der Waals surface area contributed by atoms with Crippen LogP contribution < -0.4 is 20.1 Å². The Morgan fingerprint density at radius 3 is 2.58 bits per heavy atom. The van der Waals surface area contributed by atoms with Gasteiger partial charge in [-0.15, -0.1) is 11.3 Å². The van der Waals surface area contributed by atoms with Gasteiger partial charge >= 0.3 is 0 Å². The van der Waals surface area contributed by atoms with Crippen LogP contribution in [0.5, 0.6) is 11.5 Å². The molecule has 0 saturated carbocycles. The van der Waals surface area contributed by atoms with Crippen LogP contribution in [0.25, 0.3) is 0 Å². The molecule has 0 amide bonds. The van der Waals surface area contributed by atoms with Gasteiger partial charge in [-0.1, -0.05) is 15.9 Å². The van der Waals surface area contributed by atoms with Crippen LogP contribution in [-0.2, 0) is 13.0 Å². The first-order chi connectivity index (χ1) is 12.6. The predicted octanol–water partition coefficient (Wildman–Crippen LogP) is 3.53. The summed E-state index contributed by atoms with van der Waals surface area (Å²) in [6.07, 6.45) is 0.870. The van der Waals surface area contributed by atoms with Gasteiger partial charge in [0.1, 0.15) is 0 Å². The third-order valence-corrected chi connectivity index (χ3v) is 5.21. The Balaban J connectivity index is 2.01. The third kappa shape index (κ3) is 5.88. The first-order valence-corrected chi connectivity index (χ1v) is 10.1. The van der Waals surface area contributed by atoms with Gasteiger partial charge in [-0.25, -0.2) is 9.98 Å². The van der Waals surface area contributed by atoms with E-state index in [1.807, 2.05) is 26.0 Å². The van der Waals surface area contributed by atoms with E-state index in [1.54, 1.807) is 25.6 Å². The van der Waals surface area contributed by atoms with E-state index in [1.165, 1.54) is 0 Å². The van der Waals surface area contributed by atoms with Crippen molar-refractivity contribution in [1.29, 1.82) is 0 Å². The molecule has 2 N–H and O–H groups in total. The highest BCUT2D eigenvalue weighted by Gasteiger charge is 2.09. The third-order valence-electron chi connectivity index (χ3n) is 3.64. The topological polar surface area (TPSA) is 67.8 Å². The van der Waals surface area contributed by atoms with E-state index in [2.05, 4.69) is 41.9 Å². The van der Waals surface area contributed by atoms with Gasteiger partial charge in [-0.3, -0.25) is 0 Å². The van der Waals surface area contributed by atoms with Crippen LogP contribution in [0.15, 0.2) is 27.0 Å². The molecule has 1 aromatic heterocycles. The molecule has 2 rings (SSSR count). The summed E-state index contributed by atoms with van der Waals surface area (Å²) in [5, 5.41) is 9.81. The van der Waals surface area contributed by atoms with Crippen molar-refractivity contribution in [3.8, 4) is 11.5 Å². The number of guanidine groups is 1. The molecular weight excluding hydrogens is 416 g/mol. The summed E-state index contributed by atoms with van der Waals surface area (Å²) in [6.45, 7) is 6.17. The van der Waals surface area contributed by atoms with Crippen molar-refractivity contribution in [2.75, 3.05) is 27.3 Å². The summed E-state index contributed by atoms with van der Waals surface area (Å²) in [6, 6.07) is 3.84. The van der Waals surface area contributed by atoms with Gasteiger partial charge in [-0.05, 0) is 31.5 Å². The first kappa shape index (κ1) is 20.5. The molecule has 1 aromatic carbocycles. The molecule has 0 fully saturated rings. The molecule has 26 heavy (non-hydrogen) atoms. The van der Waals surface area contributed by atoms with Crippen molar-refractivity contribution in [2.45, 2.75) is 26.8 Å². The average Bonchev–Trinajstić information content (AvgIpc) is 3.05. The Morgan fingerprint density at radius 2 is 1.96 bits per heavy atom. The SMILES string of the molecule is CCNC(=NCc1cc(OC)c(OC)cc1Br)NCCc1csc(C)n1. The van der Waals surface area contributed by atoms with Crippen LogP contribution in [0.4, 0.5) is 0 Å². The number of aryl methyl sites for hydroxylation is 1. The van der Waals surface area contributed by atoms with Gasteiger partial charge in [0, 0.05) is 29.4 Å². The monoisotopic (exact) mass is 440 g/mol. The van der Waals surface area contributed by atoms with Gasteiger partial charge in [0.2, 0.25) is 0 Å². The van der Waals surface area contributed by atoms with Crippen molar-refractivity contribution >= 4 is 33.2 Å². The molecule has 0 spiro atoms. The van der Waals surface area contributed by atoms with Crippen LogP contribution in [0.1, 0.15) is 23.2 Å². The molecule has 1 heterocycles. The number of hydrogen-bond acceptors (Lipinski definition) is 5. The molecule has 0 atom stereocenters. The lowest BCUT2D eigenvalue weighted by atomic mass is 10.2. The number of halogens is 1. The van der Waals surface area contributed by atoms with Gasteiger partial charge in [0.05, 0.1) is 31.5 Å².